The minimum Gasteiger partial charge on any atom is -0.348 e. The van der Waals surface area contributed by atoms with Crippen LogP contribution in [0.4, 0.5) is 0 Å². The number of aromatic amines is 1. The molecule has 0 unspecified atom stereocenters. The normalized spacial score (nSPS) is 11.9. The van der Waals surface area contributed by atoms with Gasteiger partial charge in [0.15, 0.2) is 0 Å². The SMILES string of the molecule is Cc1c[nH]c(Cc2c(C)cc(C(C)(C)C)cc2C)n1. The second kappa shape index (κ2) is 4.84. The summed E-state index contributed by atoms with van der Waals surface area (Å²) in [5, 5.41) is 0. The summed E-state index contributed by atoms with van der Waals surface area (Å²) in [6, 6.07) is 4.64. The number of rotatable bonds is 2. The first-order valence-electron chi connectivity index (χ1n) is 6.89. The number of hydrogen-bond acceptors (Lipinski definition) is 1. The zero-order valence-corrected chi connectivity index (χ0v) is 12.9. The first-order chi connectivity index (χ1) is 8.77. The van der Waals surface area contributed by atoms with Gasteiger partial charge in [-0.1, -0.05) is 32.9 Å². The van der Waals surface area contributed by atoms with Gasteiger partial charge in [-0.3, -0.25) is 0 Å². The summed E-state index contributed by atoms with van der Waals surface area (Å²) in [5.74, 6) is 1.05. The maximum absolute atomic E-state index is 4.50. The van der Waals surface area contributed by atoms with E-state index in [1.165, 1.54) is 22.3 Å². The topological polar surface area (TPSA) is 28.7 Å². The number of H-pyrrole nitrogens is 1. The smallest absolute Gasteiger partial charge is 0.110 e. The Kier molecular flexibility index (Phi) is 3.53. The van der Waals surface area contributed by atoms with Gasteiger partial charge in [-0.25, -0.2) is 4.98 Å². The van der Waals surface area contributed by atoms with Crippen LogP contribution in [0.25, 0.3) is 0 Å². The van der Waals surface area contributed by atoms with Crippen molar-refractivity contribution in [3.63, 3.8) is 0 Å². The summed E-state index contributed by atoms with van der Waals surface area (Å²) in [6.45, 7) is 13.2. The molecule has 102 valence electrons. The molecule has 1 aromatic heterocycles. The van der Waals surface area contributed by atoms with Crippen molar-refractivity contribution in [1.29, 1.82) is 0 Å². The largest absolute Gasteiger partial charge is 0.348 e. The summed E-state index contributed by atoms with van der Waals surface area (Å²) < 4.78 is 0. The van der Waals surface area contributed by atoms with E-state index in [2.05, 4.69) is 56.7 Å². The van der Waals surface area contributed by atoms with E-state index in [9.17, 15) is 0 Å². The van der Waals surface area contributed by atoms with Crippen molar-refractivity contribution in [2.75, 3.05) is 0 Å². The predicted molar refractivity (Wildman–Crippen MR) is 80.7 cm³/mol. The van der Waals surface area contributed by atoms with Crippen LogP contribution >= 0.6 is 0 Å². The lowest BCUT2D eigenvalue weighted by Gasteiger charge is -2.22. The van der Waals surface area contributed by atoms with Crippen LogP contribution in [0.3, 0.4) is 0 Å². The molecule has 0 aliphatic carbocycles. The Bertz CT molecular complexity index is 563. The fourth-order valence-corrected chi connectivity index (χ4v) is 2.43. The van der Waals surface area contributed by atoms with Gasteiger partial charge in [0, 0.05) is 12.6 Å². The monoisotopic (exact) mass is 256 g/mol. The molecule has 2 aromatic rings. The molecule has 0 radical (unpaired) electrons. The number of aryl methyl sites for hydroxylation is 3. The fraction of sp³-hybridized carbons (Fsp3) is 0.471. The zero-order valence-electron chi connectivity index (χ0n) is 12.9. The van der Waals surface area contributed by atoms with E-state index < -0.39 is 0 Å². The lowest BCUT2D eigenvalue weighted by Crippen LogP contribution is -2.12. The van der Waals surface area contributed by atoms with Crippen LogP contribution in [0.5, 0.6) is 0 Å². The average molecular weight is 256 g/mol. The third-order valence-corrected chi connectivity index (χ3v) is 3.67. The molecule has 2 rings (SSSR count). The minimum atomic E-state index is 0.204. The molecule has 0 saturated heterocycles. The van der Waals surface area contributed by atoms with E-state index in [1.807, 2.05) is 13.1 Å². The van der Waals surface area contributed by atoms with Gasteiger partial charge in [-0.15, -0.1) is 0 Å². The Morgan fingerprint density at radius 1 is 1.05 bits per heavy atom. The zero-order chi connectivity index (χ0) is 14.2. The molecule has 1 heterocycles. The Labute approximate surface area is 116 Å². The van der Waals surface area contributed by atoms with E-state index in [0.29, 0.717) is 0 Å². The summed E-state index contributed by atoms with van der Waals surface area (Å²) in [4.78, 5) is 7.75. The lowest BCUT2D eigenvalue weighted by atomic mass is 9.83. The van der Waals surface area contributed by atoms with Gasteiger partial charge in [0.2, 0.25) is 0 Å². The number of nitrogens with one attached hydrogen (secondary N) is 1. The summed E-state index contributed by atoms with van der Waals surface area (Å²) in [5.41, 5.74) is 6.77. The highest BCUT2D eigenvalue weighted by Gasteiger charge is 2.16. The molecule has 0 fully saturated rings. The van der Waals surface area contributed by atoms with E-state index >= 15 is 0 Å². The maximum Gasteiger partial charge on any atom is 0.110 e. The highest BCUT2D eigenvalue weighted by Crippen LogP contribution is 2.27. The van der Waals surface area contributed by atoms with Crippen LogP contribution in [0.1, 0.15) is 54.5 Å². The standard InChI is InChI=1S/C17H24N2/c1-11-7-14(17(4,5)6)8-12(2)15(11)9-16-18-10-13(3)19-16/h7-8,10H,9H2,1-6H3,(H,18,19). The van der Waals surface area contributed by atoms with Gasteiger partial charge in [0.1, 0.15) is 5.82 Å². The van der Waals surface area contributed by atoms with Crippen molar-refractivity contribution in [3.05, 3.63) is 52.1 Å². The number of imidazole rings is 1. The molecular weight excluding hydrogens is 232 g/mol. The maximum atomic E-state index is 4.50. The molecule has 0 spiro atoms. The van der Waals surface area contributed by atoms with Crippen LogP contribution < -0.4 is 0 Å². The quantitative estimate of drug-likeness (QED) is 0.856. The number of benzene rings is 1. The van der Waals surface area contributed by atoms with Crippen molar-refractivity contribution in [2.24, 2.45) is 0 Å². The third kappa shape index (κ3) is 3.06. The summed E-state index contributed by atoms with van der Waals surface area (Å²) >= 11 is 0. The molecular formula is C17H24N2. The van der Waals surface area contributed by atoms with Gasteiger partial charge in [-0.2, -0.15) is 0 Å². The molecule has 0 aliphatic rings. The highest BCUT2D eigenvalue weighted by molar-refractivity contribution is 5.41. The van der Waals surface area contributed by atoms with Crippen molar-refractivity contribution < 1.29 is 0 Å². The summed E-state index contributed by atoms with van der Waals surface area (Å²) in [6.07, 6.45) is 2.85. The van der Waals surface area contributed by atoms with Crippen molar-refractivity contribution in [3.8, 4) is 0 Å². The molecule has 0 saturated carbocycles. The van der Waals surface area contributed by atoms with E-state index in [0.717, 1.165) is 17.9 Å². The summed E-state index contributed by atoms with van der Waals surface area (Å²) in [7, 11) is 0. The van der Waals surface area contributed by atoms with Crippen LogP contribution in [-0.4, -0.2) is 9.97 Å². The van der Waals surface area contributed by atoms with Crippen LogP contribution in [0.2, 0.25) is 0 Å². The van der Waals surface area contributed by atoms with Gasteiger partial charge in [0.05, 0.1) is 5.69 Å². The fourth-order valence-electron chi connectivity index (χ4n) is 2.43. The molecule has 0 bridgehead atoms. The number of aromatic nitrogens is 2. The Morgan fingerprint density at radius 2 is 1.63 bits per heavy atom. The molecule has 2 heteroatoms. The first kappa shape index (κ1) is 13.9. The molecule has 19 heavy (non-hydrogen) atoms. The van der Waals surface area contributed by atoms with Gasteiger partial charge in [-0.05, 0) is 48.4 Å². The van der Waals surface area contributed by atoms with E-state index in [1.54, 1.807) is 0 Å². The van der Waals surface area contributed by atoms with Gasteiger partial charge >= 0.3 is 0 Å². The molecule has 0 atom stereocenters. The Hall–Kier alpha value is -1.57. The molecule has 2 nitrogen and oxygen atoms in total. The van der Waals surface area contributed by atoms with Crippen LogP contribution in [0, 0.1) is 20.8 Å². The van der Waals surface area contributed by atoms with Crippen molar-refractivity contribution in [2.45, 2.75) is 53.4 Å². The number of hydrogen-bond donors (Lipinski definition) is 1. The molecule has 0 amide bonds. The predicted octanol–water partition coefficient (Wildman–Crippen LogP) is 4.22. The second-order valence-corrected chi connectivity index (χ2v) is 6.50. The molecule has 1 aromatic carbocycles. The van der Waals surface area contributed by atoms with Crippen molar-refractivity contribution in [1.82, 2.24) is 9.97 Å². The third-order valence-electron chi connectivity index (χ3n) is 3.67. The van der Waals surface area contributed by atoms with E-state index in [-0.39, 0.29) is 5.41 Å². The minimum absolute atomic E-state index is 0.204. The first-order valence-corrected chi connectivity index (χ1v) is 6.89. The lowest BCUT2D eigenvalue weighted by molar-refractivity contribution is 0.588. The number of nitrogens with zero attached hydrogens (tertiary/aromatic N) is 1. The van der Waals surface area contributed by atoms with E-state index in [4.69, 9.17) is 0 Å². The van der Waals surface area contributed by atoms with Gasteiger partial charge in [0.25, 0.3) is 0 Å². The van der Waals surface area contributed by atoms with Crippen molar-refractivity contribution >= 4 is 0 Å². The van der Waals surface area contributed by atoms with Crippen LogP contribution in [-0.2, 0) is 11.8 Å². The Morgan fingerprint density at radius 3 is 2.05 bits per heavy atom. The molecule has 1 N–H and O–H groups in total. The highest BCUT2D eigenvalue weighted by atomic mass is 14.9. The molecule has 0 aliphatic heterocycles. The average Bonchev–Trinajstić information content (AvgIpc) is 2.68. The Balaban J connectivity index is 2.37. The van der Waals surface area contributed by atoms with Gasteiger partial charge < -0.3 is 4.98 Å². The van der Waals surface area contributed by atoms with Crippen LogP contribution in [0.15, 0.2) is 18.3 Å². The second-order valence-electron chi connectivity index (χ2n) is 6.50.